The lowest BCUT2D eigenvalue weighted by molar-refractivity contribution is 0.414. The van der Waals surface area contributed by atoms with Crippen molar-refractivity contribution in [1.29, 1.82) is 0 Å². The molecule has 0 aliphatic heterocycles. The first kappa shape index (κ1) is 13.3. The van der Waals surface area contributed by atoms with Crippen LogP contribution in [0.2, 0.25) is 5.02 Å². The molecule has 0 spiro atoms. The molecule has 2 nitrogen and oxygen atoms in total. The van der Waals surface area contributed by atoms with E-state index in [1.165, 1.54) is 0 Å². The van der Waals surface area contributed by atoms with E-state index in [2.05, 4.69) is 0 Å². The first-order valence-corrected chi connectivity index (χ1v) is 6.73. The summed E-state index contributed by atoms with van der Waals surface area (Å²) >= 11 is 7.79. The van der Waals surface area contributed by atoms with Crippen LogP contribution in [0.15, 0.2) is 52.3 Å². The second kappa shape index (κ2) is 6.14. The highest BCUT2D eigenvalue weighted by Gasteiger charge is 2.02. The quantitative estimate of drug-likeness (QED) is 0.920. The molecule has 0 amide bonds. The van der Waals surface area contributed by atoms with Crippen LogP contribution in [0.5, 0.6) is 5.75 Å². The normalized spacial score (nSPS) is 10.4. The van der Waals surface area contributed by atoms with Crippen LogP contribution in [0.4, 0.5) is 0 Å². The molecule has 0 atom stereocenters. The minimum absolute atomic E-state index is 0.465. The molecular formula is C14H14ClNOS. The van der Waals surface area contributed by atoms with Crippen molar-refractivity contribution < 1.29 is 4.74 Å². The van der Waals surface area contributed by atoms with Crippen molar-refractivity contribution in [3.63, 3.8) is 0 Å². The average molecular weight is 280 g/mol. The van der Waals surface area contributed by atoms with Crippen molar-refractivity contribution in [3.05, 3.63) is 53.1 Å². The molecule has 2 aromatic rings. The zero-order valence-corrected chi connectivity index (χ0v) is 11.6. The van der Waals surface area contributed by atoms with E-state index >= 15 is 0 Å². The highest BCUT2D eigenvalue weighted by atomic mass is 35.5. The van der Waals surface area contributed by atoms with E-state index in [1.54, 1.807) is 18.9 Å². The minimum atomic E-state index is 0.465. The molecule has 18 heavy (non-hydrogen) atoms. The Bertz CT molecular complexity index is 528. The number of halogens is 1. The van der Waals surface area contributed by atoms with Gasteiger partial charge in [-0.1, -0.05) is 29.4 Å². The second-order valence-corrected chi connectivity index (χ2v) is 5.29. The third-order valence-electron chi connectivity index (χ3n) is 2.54. The Morgan fingerprint density at radius 1 is 1.11 bits per heavy atom. The monoisotopic (exact) mass is 279 g/mol. The molecule has 0 aliphatic rings. The molecule has 0 fully saturated rings. The minimum Gasteiger partial charge on any atom is -0.497 e. The van der Waals surface area contributed by atoms with Gasteiger partial charge in [-0.3, -0.25) is 0 Å². The molecule has 0 radical (unpaired) electrons. The number of hydrogen-bond donors (Lipinski definition) is 1. The summed E-state index contributed by atoms with van der Waals surface area (Å²) < 4.78 is 5.12. The lowest BCUT2D eigenvalue weighted by atomic mass is 10.2. The van der Waals surface area contributed by atoms with Crippen LogP contribution in [-0.4, -0.2) is 7.11 Å². The summed E-state index contributed by atoms with van der Waals surface area (Å²) in [5.41, 5.74) is 6.55. The SMILES string of the molecule is COc1ccc(Sc2ccc(CN)c(Cl)c2)cc1. The number of rotatable bonds is 4. The number of methoxy groups -OCH3 is 1. The van der Waals surface area contributed by atoms with Crippen molar-refractivity contribution in [3.8, 4) is 5.75 Å². The van der Waals surface area contributed by atoms with E-state index in [-0.39, 0.29) is 0 Å². The lowest BCUT2D eigenvalue weighted by Crippen LogP contribution is -1.96. The van der Waals surface area contributed by atoms with Crippen molar-refractivity contribution >= 4 is 23.4 Å². The third-order valence-corrected chi connectivity index (χ3v) is 3.89. The Morgan fingerprint density at radius 2 is 1.78 bits per heavy atom. The van der Waals surface area contributed by atoms with Crippen LogP contribution in [0.3, 0.4) is 0 Å². The molecule has 2 aromatic carbocycles. The molecule has 2 N–H and O–H groups in total. The standard InChI is InChI=1S/C14H14ClNOS/c1-17-11-3-6-12(7-4-11)18-13-5-2-10(9-16)14(15)8-13/h2-8H,9,16H2,1H3. The van der Waals surface area contributed by atoms with E-state index < -0.39 is 0 Å². The van der Waals surface area contributed by atoms with E-state index in [4.69, 9.17) is 22.1 Å². The molecule has 4 heteroatoms. The first-order chi connectivity index (χ1) is 8.72. The Balaban J connectivity index is 2.15. The van der Waals surface area contributed by atoms with Crippen LogP contribution in [0.25, 0.3) is 0 Å². The molecule has 0 aliphatic carbocycles. The molecule has 2 rings (SSSR count). The highest BCUT2D eigenvalue weighted by Crippen LogP contribution is 2.31. The van der Waals surface area contributed by atoms with Gasteiger partial charge in [0.25, 0.3) is 0 Å². The Hall–Kier alpha value is -1.16. The van der Waals surface area contributed by atoms with Crippen LogP contribution in [0.1, 0.15) is 5.56 Å². The smallest absolute Gasteiger partial charge is 0.118 e. The fourth-order valence-corrected chi connectivity index (χ4v) is 2.72. The van der Waals surface area contributed by atoms with Gasteiger partial charge in [0.2, 0.25) is 0 Å². The second-order valence-electron chi connectivity index (χ2n) is 3.73. The lowest BCUT2D eigenvalue weighted by Gasteiger charge is -2.06. The van der Waals surface area contributed by atoms with E-state index in [0.29, 0.717) is 6.54 Å². The first-order valence-electron chi connectivity index (χ1n) is 5.53. The average Bonchev–Trinajstić information content (AvgIpc) is 2.40. The van der Waals surface area contributed by atoms with E-state index in [0.717, 1.165) is 26.1 Å². The van der Waals surface area contributed by atoms with Crippen molar-refractivity contribution in [2.24, 2.45) is 5.73 Å². The Kier molecular flexibility index (Phi) is 4.53. The summed E-state index contributed by atoms with van der Waals surface area (Å²) in [4.78, 5) is 2.25. The number of hydrogen-bond acceptors (Lipinski definition) is 3. The van der Waals surface area contributed by atoms with Crippen molar-refractivity contribution in [1.82, 2.24) is 0 Å². The summed E-state index contributed by atoms with van der Waals surface area (Å²) in [7, 11) is 1.66. The fraction of sp³-hybridized carbons (Fsp3) is 0.143. The molecular weight excluding hydrogens is 266 g/mol. The van der Waals surface area contributed by atoms with Crippen molar-refractivity contribution in [2.45, 2.75) is 16.3 Å². The van der Waals surface area contributed by atoms with E-state index in [1.807, 2.05) is 42.5 Å². The molecule has 0 unspecified atom stereocenters. The number of nitrogens with two attached hydrogens (primary N) is 1. The summed E-state index contributed by atoms with van der Waals surface area (Å²) in [6.45, 7) is 0.465. The molecule has 94 valence electrons. The van der Waals surface area contributed by atoms with Gasteiger partial charge < -0.3 is 10.5 Å². The van der Waals surface area contributed by atoms with Crippen LogP contribution < -0.4 is 10.5 Å². The number of benzene rings is 2. The summed E-state index contributed by atoms with van der Waals surface area (Å²) in [6, 6.07) is 13.9. The van der Waals surface area contributed by atoms with Crippen LogP contribution >= 0.6 is 23.4 Å². The largest absolute Gasteiger partial charge is 0.497 e. The van der Waals surface area contributed by atoms with Gasteiger partial charge >= 0.3 is 0 Å². The topological polar surface area (TPSA) is 35.2 Å². The molecule has 0 saturated heterocycles. The van der Waals surface area contributed by atoms with Gasteiger partial charge in [0.05, 0.1) is 7.11 Å². The van der Waals surface area contributed by atoms with Gasteiger partial charge in [-0.05, 0) is 42.0 Å². The molecule has 0 heterocycles. The van der Waals surface area contributed by atoms with Crippen LogP contribution in [0, 0.1) is 0 Å². The predicted octanol–water partition coefficient (Wildman–Crippen LogP) is 3.96. The van der Waals surface area contributed by atoms with Crippen molar-refractivity contribution in [2.75, 3.05) is 7.11 Å². The van der Waals surface area contributed by atoms with Gasteiger partial charge in [0, 0.05) is 21.4 Å². The third kappa shape index (κ3) is 3.19. The Morgan fingerprint density at radius 3 is 2.33 bits per heavy atom. The van der Waals surface area contributed by atoms with Crippen LogP contribution in [-0.2, 0) is 6.54 Å². The predicted molar refractivity (Wildman–Crippen MR) is 76.5 cm³/mol. The molecule has 0 aromatic heterocycles. The zero-order valence-electron chi connectivity index (χ0n) is 10.0. The fourth-order valence-electron chi connectivity index (χ4n) is 1.54. The zero-order chi connectivity index (χ0) is 13.0. The maximum Gasteiger partial charge on any atom is 0.118 e. The highest BCUT2D eigenvalue weighted by molar-refractivity contribution is 7.99. The van der Waals surface area contributed by atoms with Gasteiger partial charge in [0.15, 0.2) is 0 Å². The number of ether oxygens (including phenoxy) is 1. The van der Waals surface area contributed by atoms with Gasteiger partial charge in [-0.25, -0.2) is 0 Å². The summed E-state index contributed by atoms with van der Waals surface area (Å²) in [6.07, 6.45) is 0. The van der Waals surface area contributed by atoms with Gasteiger partial charge in [-0.2, -0.15) is 0 Å². The maximum atomic E-state index is 6.13. The van der Waals surface area contributed by atoms with Gasteiger partial charge in [-0.15, -0.1) is 0 Å². The molecule has 0 bridgehead atoms. The molecule has 0 saturated carbocycles. The van der Waals surface area contributed by atoms with Gasteiger partial charge in [0.1, 0.15) is 5.75 Å². The van der Waals surface area contributed by atoms with E-state index in [9.17, 15) is 0 Å². The summed E-state index contributed by atoms with van der Waals surface area (Å²) in [5, 5.41) is 0.719. The summed E-state index contributed by atoms with van der Waals surface area (Å²) in [5.74, 6) is 0.857. The maximum absolute atomic E-state index is 6.13. The Labute approximate surface area is 116 Å².